The van der Waals surface area contributed by atoms with E-state index in [1.54, 1.807) is 19.2 Å². The van der Waals surface area contributed by atoms with Gasteiger partial charge in [0.25, 0.3) is 18.0 Å². The molecule has 1 aliphatic heterocycles. The Morgan fingerprint density at radius 1 is 1.33 bits per heavy atom. The number of halogens is 1. The van der Waals surface area contributed by atoms with E-state index < -0.39 is 36.0 Å². The maximum atomic E-state index is 13.2. The summed E-state index contributed by atoms with van der Waals surface area (Å²) in [5, 5.41) is 4.16. The fraction of sp³-hybridized carbons (Fsp3) is 0.600. The first kappa shape index (κ1) is 14.1. The fourth-order valence-electron chi connectivity index (χ4n) is 1.45. The van der Waals surface area contributed by atoms with Gasteiger partial charge in [-0.1, -0.05) is 0 Å². The maximum Gasteiger partial charge on any atom is 0.331 e. The smallest absolute Gasteiger partial charge is 0.331 e. The lowest BCUT2D eigenvalue weighted by molar-refractivity contribution is -0.148. The van der Waals surface area contributed by atoms with Gasteiger partial charge in [0.15, 0.2) is 0 Å². The second-order valence-corrected chi connectivity index (χ2v) is 4.20. The Morgan fingerprint density at radius 3 is 2.39 bits per heavy atom. The zero-order chi connectivity index (χ0) is 14.0. The largest absolute Gasteiger partial charge is 0.352 e. The van der Waals surface area contributed by atoms with Gasteiger partial charge in [-0.3, -0.25) is 19.7 Å². The molecule has 8 heteroatoms. The van der Waals surface area contributed by atoms with Gasteiger partial charge >= 0.3 is 6.03 Å². The molecule has 2 atom stereocenters. The highest BCUT2D eigenvalue weighted by Crippen LogP contribution is 2.11. The van der Waals surface area contributed by atoms with Crippen LogP contribution in [0.1, 0.15) is 20.8 Å². The summed E-state index contributed by atoms with van der Waals surface area (Å²) in [6.45, 7) is 4.67. The lowest BCUT2D eigenvalue weighted by Crippen LogP contribution is -2.64. The van der Waals surface area contributed by atoms with Crippen molar-refractivity contribution >= 4 is 23.8 Å². The molecule has 0 spiro atoms. The minimum Gasteiger partial charge on any atom is -0.352 e. The van der Waals surface area contributed by atoms with E-state index in [-0.39, 0.29) is 6.04 Å². The Labute approximate surface area is 103 Å². The number of urea groups is 1. The van der Waals surface area contributed by atoms with Crippen LogP contribution in [0.25, 0.3) is 0 Å². The first-order valence-corrected chi connectivity index (χ1v) is 5.38. The zero-order valence-corrected chi connectivity index (χ0v) is 10.2. The average Bonchev–Trinajstić information content (AvgIpc) is 2.25. The van der Waals surface area contributed by atoms with Crippen molar-refractivity contribution in [1.82, 2.24) is 15.5 Å². The summed E-state index contributed by atoms with van der Waals surface area (Å²) in [5.41, 5.74) is 0. The molecule has 0 aromatic rings. The molecule has 5 amide bonds. The van der Waals surface area contributed by atoms with E-state index in [0.29, 0.717) is 4.90 Å². The van der Waals surface area contributed by atoms with Gasteiger partial charge in [0, 0.05) is 6.04 Å². The number of carbonyl (C=O) groups excluding carboxylic acids is 4. The molecule has 1 aliphatic rings. The summed E-state index contributed by atoms with van der Waals surface area (Å²) in [4.78, 5) is 45.8. The standard InChI is InChI=1S/C10H14FN3O4/c1-4(2)12-7(15)5(3)14-9(17)6(11)8(16)13-10(14)18/h4-6H,1-3H3,(H,12,15)(H,13,16,18). The van der Waals surface area contributed by atoms with Crippen molar-refractivity contribution in [3.8, 4) is 0 Å². The Balaban J connectivity index is 2.87. The number of hydrogen-bond donors (Lipinski definition) is 2. The lowest BCUT2D eigenvalue weighted by Gasteiger charge is -2.31. The fourth-order valence-corrected chi connectivity index (χ4v) is 1.45. The van der Waals surface area contributed by atoms with Crippen molar-refractivity contribution in [2.45, 2.75) is 39.0 Å². The molecular weight excluding hydrogens is 245 g/mol. The second kappa shape index (κ2) is 5.11. The number of hydrogen-bond acceptors (Lipinski definition) is 4. The molecule has 2 N–H and O–H groups in total. The SMILES string of the molecule is CC(C)NC(=O)C(C)N1C(=O)NC(=O)C(F)C1=O. The van der Waals surface area contributed by atoms with E-state index in [9.17, 15) is 23.6 Å². The minimum atomic E-state index is -2.46. The number of nitrogens with zero attached hydrogens (tertiary/aromatic N) is 1. The summed E-state index contributed by atoms with van der Waals surface area (Å²) in [6, 6.07) is -2.47. The number of nitrogens with one attached hydrogen (secondary N) is 2. The molecule has 0 saturated carbocycles. The Morgan fingerprint density at radius 2 is 1.89 bits per heavy atom. The molecule has 2 unspecified atom stereocenters. The number of carbonyl (C=O) groups is 4. The van der Waals surface area contributed by atoms with E-state index >= 15 is 0 Å². The number of barbiturate groups is 1. The van der Waals surface area contributed by atoms with E-state index in [4.69, 9.17) is 0 Å². The van der Waals surface area contributed by atoms with Crippen molar-refractivity contribution < 1.29 is 23.6 Å². The van der Waals surface area contributed by atoms with Crippen LogP contribution >= 0.6 is 0 Å². The van der Waals surface area contributed by atoms with Crippen LogP contribution in [0.5, 0.6) is 0 Å². The van der Waals surface area contributed by atoms with Gasteiger partial charge in [-0.15, -0.1) is 0 Å². The normalized spacial score (nSPS) is 21.9. The maximum absolute atomic E-state index is 13.2. The molecule has 1 saturated heterocycles. The van der Waals surface area contributed by atoms with Crippen molar-refractivity contribution in [3.05, 3.63) is 0 Å². The van der Waals surface area contributed by atoms with Crippen LogP contribution in [0.4, 0.5) is 9.18 Å². The van der Waals surface area contributed by atoms with Gasteiger partial charge < -0.3 is 5.32 Å². The lowest BCUT2D eigenvalue weighted by atomic mass is 10.2. The molecule has 1 rings (SSSR count). The van der Waals surface area contributed by atoms with Crippen LogP contribution in [-0.2, 0) is 14.4 Å². The first-order chi connectivity index (χ1) is 8.25. The van der Waals surface area contributed by atoms with Crippen molar-refractivity contribution in [1.29, 1.82) is 0 Å². The second-order valence-electron chi connectivity index (χ2n) is 4.20. The third-order valence-electron chi connectivity index (χ3n) is 2.33. The van der Waals surface area contributed by atoms with E-state index in [1.807, 2.05) is 0 Å². The Hall–Kier alpha value is -1.99. The number of rotatable bonds is 3. The number of imide groups is 2. The van der Waals surface area contributed by atoms with Crippen LogP contribution in [0.3, 0.4) is 0 Å². The highest BCUT2D eigenvalue weighted by molar-refractivity contribution is 6.19. The van der Waals surface area contributed by atoms with Gasteiger partial charge in [-0.2, -0.15) is 0 Å². The molecule has 0 aromatic carbocycles. The molecule has 0 aliphatic carbocycles. The summed E-state index contributed by atoms with van der Waals surface area (Å²) >= 11 is 0. The van der Waals surface area contributed by atoms with Crippen molar-refractivity contribution in [2.24, 2.45) is 0 Å². The molecule has 7 nitrogen and oxygen atoms in total. The van der Waals surface area contributed by atoms with E-state index in [2.05, 4.69) is 5.32 Å². The highest BCUT2D eigenvalue weighted by atomic mass is 19.1. The van der Waals surface area contributed by atoms with Crippen LogP contribution in [0.2, 0.25) is 0 Å². The van der Waals surface area contributed by atoms with Crippen LogP contribution in [-0.4, -0.2) is 46.9 Å². The zero-order valence-electron chi connectivity index (χ0n) is 10.2. The van der Waals surface area contributed by atoms with Crippen molar-refractivity contribution in [2.75, 3.05) is 0 Å². The van der Waals surface area contributed by atoms with Gasteiger partial charge in [0.1, 0.15) is 6.04 Å². The number of alkyl halides is 1. The third-order valence-corrected chi connectivity index (χ3v) is 2.33. The van der Waals surface area contributed by atoms with Gasteiger partial charge in [0.2, 0.25) is 5.91 Å². The quantitative estimate of drug-likeness (QED) is 0.656. The molecule has 0 radical (unpaired) electrons. The molecule has 1 fully saturated rings. The average molecular weight is 259 g/mol. The van der Waals surface area contributed by atoms with E-state index in [1.165, 1.54) is 6.92 Å². The van der Waals surface area contributed by atoms with E-state index in [0.717, 1.165) is 0 Å². The number of amides is 5. The topological polar surface area (TPSA) is 95.6 Å². The molecule has 0 bridgehead atoms. The van der Waals surface area contributed by atoms with Gasteiger partial charge in [-0.25, -0.2) is 14.1 Å². The van der Waals surface area contributed by atoms with Gasteiger partial charge in [0.05, 0.1) is 0 Å². The highest BCUT2D eigenvalue weighted by Gasteiger charge is 2.44. The Kier molecular flexibility index (Phi) is 4.00. The van der Waals surface area contributed by atoms with Crippen LogP contribution in [0, 0.1) is 0 Å². The molecule has 100 valence electrons. The predicted octanol–water partition coefficient (Wildman–Crippen LogP) is -0.684. The minimum absolute atomic E-state index is 0.189. The summed E-state index contributed by atoms with van der Waals surface area (Å²) in [7, 11) is 0. The summed E-state index contributed by atoms with van der Waals surface area (Å²) < 4.78 is 13.2. The molecule has 18 heavy (non-hydrogen) atoms. The molecular formula is C10H14FN3O4. The summed E-state index contributed by atoms with van der Waals surface area (Å²) in [6.07, 6.45) is -2.46. The van der Waals surface area contributed by atoms with Crippen LogP contribution < -0.4 is 10.6 Å². The third kappa shape index (κ3) is 2.63. The van der Waals surface area contributed by atoms with Crippen molar-refractivity contribution in [3.63, 3.8) is 0 Å². The predicted molar refractivity (Wildman–Crippen MR) is 58.0 cm³/mol. The van der Waals surface area contributed by atoms with Gasteiger partial charge in [-0.05, 0) is 20.8 Å². The molecule has 1 heterocycles. The monoisotopic (exact) mass is 259 g/mol. The molecule has 0 aromatic heterocycles. The van der Waals surface area contributed by atoms with Crippen LogP contribution in [0.15, 0.2) is 0 Å². The summed E-state index contributed by atoms with van der Waals surface area (Å²) in [5.74, 6) is -3.23. The first-order valence-electron chi connectivity index (χ1n) is 5.38. The Bertz CT molecular complexity index is 410.